The third kappa shape index (κ3) is 6.62. The number of ether oxygens (including phenoxy) is 2. The van der Waals surface area contributed by atoms with Gasteiger partial charge >= 0.3 is 5.97 Å². The highest BCUT2D eigenvalue weighted by molar-refractivity contribution is 5.81. The first-order valence-corrected chi connectivity index (χ1v) is 6.52. The molecule has 4 nitrogen and oxygen atoms in total. The maximum absolute atomic E-state index is 11.0. The number of hydrogen-bond donors (Lipinski definition) is 1. The first-order valence-electron chi connectivity index (χ1n) is 6.52. The van der Waals surface area contributed by atoms with Crippen molar-refractivity contribution in [3.05, 3.63) is 42.0 Å². The number of esters is 1. The lowest BCUT2D eigenvalue weighted by Crippen LogP contribution is -2.13. The maximum atomic E-state index is 11.0. The van der Waals surface area contributed by atoms with E-state index in [-0.39, 0.29) is 5.97 Å². The van der Waals surface area contributed by atoms with Crippen molar-refractivity contribution < 1.29 is 14.3 Å². The van der Waals surface area contributed by atoms with Crippen LogP contribution in [0.3, 0.4) is 0 Å². The van der Waals surface area contributed by atoms with Crippen LogP contribution in [-0.2, 0) is 16.1 Å². The second-order valence-electron chi connectivity index (χ2n) is 3.87. The summed E-state index contributed by atoms with van der Waals surface area (Å²) in [4.78, 5) is 11.0. The van der Waals surface area contributed by atoms with Gasteiger partial charge in [-0.3, -0.25) is 0 Å². The van der Waals surface area contributed by atoms with Gasteiger partial charge in [0.05, 0.1) is 13.2 Å². The fourth-order valence-corrected chi connectivity index (χ4v) is 1.56. The number of carbonyl (C=O) groups excluding carboxylic acids is 1. The first-order chi connectivity index (χ1) is 9.26. The Bertz CT molecular complexity index is 416. The summed E-state index contributed by atoms with van der Waals surface area (Å²) in [5.41, 5.74) is 1.15. The summed E-state index contributed by atoms with van der Waals surface area (Å²) in [7, 11) is 0. The molecule has 104 valence electrons. The minimum Gasteiger partial charge on any atom is -0.494 e. The van der Waals surface area contributed by atoms with Crippen LogP contribution in [0.5, 0.6) is 5.75 Å². The molecule has 1 rings (SSSR count). The van der Waals surface area contributed by atoms with Gasteiger partial charge in [-0.2, -0.15) is 0 Å². The van der Waals surface area contributed by atoms with E-state index in [1.807, 2.05) is 31.2 Å². The Morgan fingerprint density at radius 3 is 2.89 bits per heavy atom. The summed E-state index contributed by atoms with van der Waals surface area (Å²) in [6, 6.07) is 7.94. The van der Waals surface area contributed by atoms with Crippen molar-refractivity contribution in [1.29, 1.82) is 0 Å². The molecule has 4 heteroatoms. The van der Waals surface area contributed by atoms with Crippen molar-refractivity contribution in [2.45, 2.75) is 20.4 Å². The highest BCUT2D eigenvalue weighted by Crippen LogP contribution is 2.12. The van der Waals surface area contributed by atoms with Crippen LogP contribution in [0, 0.1) is 0 Å². The molecule has 0 unspecified atom stereocenters. The summed E-state index contributed by atoms with van der Waals surface area (Å²) >= 11 is 0. The van der Waals surface area contributed by atoms with Crippen LogP contribution in [-0.4, -0.2) is 25.7 Å². The highest BCUT2D eigenvalue weighted by atomic mass is 16.5. The Morgan fingerprint density at radius 2 is 2.16 bits per heavy atom. The van der Waals surface area contributed by atoms with E-state index >= 15 is 0 Å². The van der Waals surface area contributed by atoms with Gasteiger partial charge < -0.3 is 14.8 Å². The monoisotopic (exact) mass is 263 g/mol. The topological polar surface area (TPSA) is 47.6 Å². The Labute approximate surface area is 114 Å². The molecule has 0 bridgehead atoms. The molecule has 0 spiro atoms. The molecular formula is C15H21NO3. The molecule has 0 amide bonds. The van der Waals surface area contributed by atoms with Crippen LogP contribution in [0.2, 0.25) is 0 Å². The quantitative estimate of drug-likeness (QED) is 0.444. The van der Waals surface area contributed by atoms with Gasteiger partial charge in [-0.25, -0.2) is 4.79 Å². The summed E-state index contributed by atoms with van der Waals surface area (Å²) < 4.78 is 10.2. The molecule has 0 aliphatic carbocycles. The predicted molar refractivity (Wildman–Crippen MR) is 75.1 cm³/mol. The Morgan fingerprint density at radius 1 is 1.32 bits per heavy atom. The van der Waals surface area contributed by atoms with Gasteiger partial charge in [0, 0.05) is 19.2 Å². The van der Waals surface area contributed by atoms with Crippen molar-refractivity contribution in [3.63, 3.8) is 0 Å². The Balaban J connectivity index is 2.29. The van der Waals surface area contributed by atoms with E-state index in [0.29, 0.717) is 19.8 Å². The standard InChI is InChI=1S/C15H21NO3/c1-3-18-14-8-5-7-13(11-14)12-16-10-6-9-15(17)19-4-2/h5-9,11,16H,3-4,10,12H2,1-2H3/b9-6+. The lowest BCUT2D eigenvalue weighted by molar-refractivity contribution is -0.137. The highest BCUT2D eigenvalue weighted by Gasteiger charge is 1.96. The zero-order chi connectivity index (χ0) is 13.9. The first kappa shape index (κ1) is 15.2. The van der Waals surface area contributed by atoms with Crippen LogP contribution < -0.4 is 10.1 Å². The number of hydrogen-bond acceptors (Lipinski definition) is 4. The van der Waals surface area contributed by atoms with E-state index in [2.05, 4.69) is 5.32 Å². The van der Waals surface area contributed by atoms with Gasteiger partial charge in [-0.1, -0.05) is 18.2 Å². The van der Waals surface area contributed by atoms with Gasteiger partial charge in [0.25, 0.3) is 0 Å². The SMILES string of the molecule is CCOC(=O)/C=C/CNCc1cccc(OCC)c1. The molecule has 1 N–H and O–H groups in total. The molecule has 0 fully saturated rings. The summed E-state index contributed by atoms with van der Waals surface area (Å²) in [5.74, 6) is 0.575. The van der Waals surface area contributed by atoms with Crippen LogP contribution in [0.25, 0.3) is 0 Å². The fraction of sp³-hybridized carbons (Fsp3) is 0.400. The van der Waals surface area contributed by atoms with E-state index in [9.17, 15) is 4.79 Å². The molecule has 1 aromatic carbocycles. The predicted octanol–water partition coefficient (Wildman–Crippen LogP) is 2.29. The molecule has 0 aliphatic heterocycles. The fourth-order valence-electron chi connectivity index (χ4n) is 1.56. The Hall–Kier alpha value is -1.81. The summed E-state index contributed by atoms with van der Waals surface area (Å²) in [6.45, 7) is 6.17. The van der Waals surface area contributed by atoms with E-state index in [4.69, 9.17) is 9.47 Å². The van der Waals surface area contributed by atoms with E-state index in [1.54, 1.807) is 13.0 Å². The van der Waals surface area contributed by atoms with Crippen LogP contribution in [0.1, 0.15) is 19.4 Å². The lowest BCUT2D eigenvalue weighted by Gasteiger charge is -2.06. The average Bonchev–Trinajstić information content (AvgIpc) is 2.39. The van der Waals surface area contributed by atoms with Crippen LogP contribution in [0.15, 0.2) is 36.4 Å². The Kier molecular flexibility index (Phi) is 7.35. The average molecular weight is 263 g/mol. The molecule has 19 heavy (non-hydrogen) atoms. The number of carbonyl (C=O) groups is 1. The third-order valence-electron chi connectivity index (χ3n) is 2.34. The molecule has 0 aliphatic rings. The molecule has 0 saturated carbocycles. The van der Waals surface area contributed by atoms with Crippen molar-refractivity contribution >= 4 is 5.97 Å². The normalized spacial score (nSPS) is 10.6. The molecule has 0 heterocycles. The van der Waals surface area contributed by atoms with Gasteiger partial charge in [0.15, 0.2) is 0 Å². The largest absolute Gasteiger partial charge is 0.494 e. The van der Waals surface area contributed by atoms with Crippen molar-refractivity contribution in [1.82, 2.24) is 5.32 Å². The molecule has 1 aromatic rings. The smallest absolute Gasteiger partial charge is 0.330 e. The van der Waals surface area contributed by atoms with Crippen molar-refractivity contribution in [2.24, 2.45) is 0 Å². The number of benzene rings is 1. The molecule has 0 saturated heterocycles. The zero-order valence-electron chi connectivity index (χ0n) is 11.5. The second-order valence-corrected chi connectivity index (χ2v) is 3.87. The van der Waals surface area contributed by atoms with Gasteiger partial charge in [0.2, 0.25) is 0 Å². The van der Waals surface area contributed by atoms with Crippen molar-refractivity contribution in [3.8, 4) is 5.75 Å². The lowest BCUT2D eigenvalue weighted by atomic mass is 10.2. The van der Waals surface area contributed by atoms with E-state index in [1.165, 1.54) is 6.08 Å². The van der Waals surface area contributed by atoms with Gasteiger partial charge in [0.1, 0.15) is 5.75 Å². The van der Waals surface area contributed by atoms with Crippen LogP contribution >= 0.6 is 0 Å². The number of nitrogens with one attached hydrogen (secondary N) is 1. The van der Waals surface area contributed by atoms with E-state index < -0.39 is 0 Å². The van der Waals surface area contributed by atoms with Crippen molar-refractivity contribution in [2.75, 3.05) is 19.8 Å². The van der Waals surface area contributed by atoms with E-state index in [0.717, 1.165) is 17.9 Å². The third-order valence-corrected chi connectivity index (χ3v) is 2.34. The molecule has 0 radical (unpaired) electrons. The summed E-state index contributed by atoms with van der Waals surface area (Å²) in [6.07, 6.45) is 3.19. The van der Waals surface area contributed by atoms with Gasteiger partial charge in [-0.05, 0) is 31.5 Å². The van der Waals surface area contributed by atoms with Crippen LogP contribution in [0.4, 0.5) is 0 Å². The summed E-state index contributed by atoms with van der Waals surface area (Å²) in [5, 5.41) is 3.22. The zero-order valence-corrected chi connectivity index (χ0v) is 11.5. The molecule has 0 aromatic heterocycles. The minimum atomic E-state index is -0.303. The number of rotatable bonds is 8. The molecular weight excluding hydrogens is 242 g/mol. The van der Waals surface area contributed by atoms with Gasteiger partial charge in [-0.15, -0.1) is 0 Å². The molecule has 0 atom stereocenters. The maximum Gasteiger partial charge on any atom is 0.330 e. The second kappa shape index (κ2) is 9.16. The minimum absolute atomic E-state index is 0.303.